The van der Waals surface area contributed by atoms with Crippen LogP contribution in [0.2, 0.25) is 0 Å². The number of fused-ring (bicyclic) bond motifs is 17. The summed E-state index contributed by atoms with van der Waals surface area (Å²) in [6.45, 7) is 27.0. The van der Waals surface area contributed by atoms with E-state index >= 15 is 0 Å². The molecule has 8 nitrogen and oxygen atoms in total. The van der Waals surface area contributed by atoms with Crippen LogP contribution in [0.25, 0.3) is 0 Å². The highest BCUT2D eigenvalue weighted by Crippen LogP contribution is 2.77. The molecule has 1 aromatic rings. The fraction of sp³-hybridized carbons (Fsp3) is 0.690. The lowest BCUT2D eigenvalue weighted by atomic mass is 9.34. The van der Waals surface area contributed by atoms with E-state index in [9.17, 15) is 24.3 Å². The fourth-order valence-electron chi connectivity index (χ4n) is 18.4. The van der Waals surface area contributed by atoms with Crippen molar-refractivity contribution in [1.29, 1.82) is 0 Å². The maximum Gasteiger partial charge on any atom is 0.317 e. The summed E-state index contributed by atoms with van der Waals surface area (Å²) in [5.41, 5.74) is 2.50. The standard InChI is InChI=1S/C58H74O8/c1-32-26-41-49(4,30-38(32)60)19-23-55(10)42-29-37(59)45-33(2)46-39(27-36(45)52(42,7)21-24-54(41,55)9)65-58(63)44(61)28-35-34(57(58,12)66-46)14-15-40-51(35,6)20-25-56(11)43-31-50(5,47(62)64-13)17-16-48(43,3)18-22-53(40,56)8/h14-15,27-29,32,41,43,63H,16-26,30-31H2,1-13H3/t32-,41-,43-,48-,49+,50-,51+,52+,53-,54+,55-,56+,57-,58+/m1/s1. The third kappa shape index (κ3) is 4.92. The Bertz CT molecular complexity index is 2630. The van der Waals surface area contributed by atoms with Crippen molar-refractivity contribution < 1.29 is 38.5 Å². The summed E-state index contributed by atoms with van der Waals surface area (Å²) in [7, 11) is 1.51. The molecule has 0 spiro atoms. The number of benzene rings is 1. The number of allylic oxidation sites excluding steroid dienone is 5. The van der Waals surface area contributed by atoms with Crippen LogP contribution in [0.4, 0.5) is 0 Å². The molecule has 11 rings (SSSR count). The van der Waals surface area contributed by atoms with Crippen LogP contribution in [0.1, 0.15) is 181 Å². The number of carbonyl (C=O) groups is 4. The number of rotatable bonds is 1. The molecule has 6 fully saturated rings. The Morgan fingerprint density at radius 1 is 0.712 bits per heavy atom. The molecule has 0 amide bonds. The minimum atomic E-state index is -2.35. The molecule has 66 heavy (non-hydrogen) atoms. The van der Waals surface area contributed by atoms with Gasteiger partial charge in [-0.1, -0.05) is 80.0 Å². The number of methoxy groups -OCH3 is 1. The van der Waals surface area contributed by atoms with E-state index in [0.717, 1.165) is 99.3 Å². The van der Waals surface area contributed by atoms with Crippen LogP contribution in [-0.4, -0.2) is 46.9 Å². The second kappa shape index (κ2) is 12.9. The third-order valence-corrected chi connectivity index (χ3v) is 23.3. The molecule has 0 bridgehead atoms. The molecule has 6 saturated carbocycles. The lowest BCUT2D eigenvalue weighted by Crippen LogP contribution is -2.70. The van der Waals surface area contributed by atoms with Crippen molar-refractivity contribution in [3.8, 4) is 11.5 Å². The fourth-order valence-corrected chi connectivity index (χ4v) is 18.4. The topological polar surface area (TPSA) is 116 Å². The van der Waals surface area contributed by atoms with E-state index in [1.807, 2.05) is 19.1 Å². The van der Waals surface area contributed by atoms with Crippen molar-refractivity contribution in [2.75, 3.05) is 7.11 Å². The Balaban J connectivity index is 0.977. The monoisotopic (exact) mass is 899 g/mol. The van der Waals surface area contributed by atoms with Gasteiger partial charge in [0.15, 0.2) is 17.3 Å². The maximum atomic E-state index is 14.9. The Hall–Kier alpha value is -3.78. The number of aliphatic hydroxyl groups is 1. The van der Waals surface area contributed by atoms with Crippen molar-refractivity contribution in [1.82, 2.24) is 0 Å². The number of ether oxygens (including phenoxy) is 3. The first-order valence-electron chi connectivity index (χ1n) is 25.5. The highest BCUT2D eigenvalue weighted by molar-refractivity contribution is 6.10. The molecule has 1 N–H and O–H groups in total. The zero-order chi connectivity index (χ0) is 47.6. The van der Waals surface area contributed by atoms with Gasteiger partial charge in [-0.15, -0.1) is 0 Å². The summed E-state index contributed by atoms with van der Waals surface area (Å²) in [6.07, 6.45) is 19.5. The van der Waals surface area contributed by atoms with Crippen LogP contribution >= 0.6 is 0 Å². The second-order valence-electron chi connectivity index (χ2n) is 26.3. The van der Waals surface area contributed by atoms with Crippen molar-refractivity contribution in [3.63, 3.8) is 0 Å². The second-order valence-corrected chi connectivity index (χ2v) is 26.3. The summed E-state index contributed by atoms with van der Waals surface area (Å²) in [4.78, 5) is 56.1. The van der Waals surface area contributed by atoms with Gasteiger partial charge in [-0.25, -0.2) is 0 Å². The minimum absolute atomic E-state index is 0.0393. The maximum absolute atomic E-state index is 14.9. The average Bonchev–Trinajstić information content (AvgIpc) is 3.25. The predicted octanol–water partition coefficient (Wildman–Crippen LogP) is 11.8. The van der Waals surface area contributed by atoms with Gasteiger partial charge in [-0.05, 0) is 177 Å². The van der Waals surface area contributed by atoms with E-state index in [4.69, 9.17) is 14.2 Å². The largest absolute Gasteiger partial charge is 0.471 e. The van der Waals surface area contributed by atoms with Gasteiger partial charge in [0.05, 0.1) is 12.5 Å². The van der Waals surface area contributed by atoms with Gasteiger partial charge in [-0.3, -0.25) is 19.2 Å². The van der Waals surface area contributed by atoms with Gasteiger partial charge in [0.1, 0.15) is 5.78 Å². The normalized spacial score (nSPS) is 49.5. The van der Waals surface area contributed by atoms with Crippen molar-refractivity contribution in [2.45, 2.75) is 183 Å². The lowest BCUT2D eigenvalue weighted by molar-refractivity contribution is -0.231. The van der Waals surface area contributed by atoms with Gasteiger partial charge in [-0.2, -0.15) is 0 Å². The molecule has 1 aliphatic heterocycles. The summed E-state index contributed by atoms with van der Waals surface area (Å²) in [6, 6.07) is 1.91. The Kier molecular flexibility index (Phi) is 8.73. The smallest absolute Gasteiger partial charge is 0.317 e. The van der Waals surface area contributed by atoms with Crippen LogP contribution in [0.3, 0.4) is 0 Å². The Morgan fingerprint density at radius 2 is 1.33 bits per heavy atom. The lowest BCUT2D eigenvalue weighted by Gasteiger charge is -2.70. The van der Waals surface area contributed by atoms with Crippen LogP contribution in [0, 0.1) is 68.0 Å². The van der Waals surface area contributed by atoms with Gasteiger partial charge < -0.3 is 19.3 Å². The van der Waals surface area contributed by atoms with Crippen LogP contribution in [0.15, 0.2) is 52.7 Å². The molecule has 10 aliphatic rings. The number of esters is 1. The molecular weight excluding hydrogens is 825 g/mol. The molecule has 1 aromatic carbocycles. The molecule has 1 heterocycles. The van der Waals surface area contributed by atoms with Gasteiger partial charge >= 0.3 is 11.8 Å². The molecule has 0 aromatic heterocycles. The zero-order valence-corrected chi connectivity index (χ0v) is 42.1. The first kappa shape index (κ1) is 44.7. The first-order valence-corrected chi connectivity index (χ1v) is 25.5. The Labute approximate surface area is 392 Å². The average molecular weight is 899 g/mol. The van der Waals surface area contributed by atoms with E-state index in [1.165, 1.54) is 12.7 Å². The Morgan fingerprint density at radius 3 is 2.02 bits per heavy atom. The third-order valence-electron chi connectivity index (χ3n) is 23.3. The van der Waals surface area contributed by atoms with Crippen molar-refractivity contribution >= 4 is 23.3 Å². The molecule has 0 saturated heterocycles. The van der Waals surface area contributed by atoms with E-state index < -0.39 is 33.4 Å². The van der Waals surface area contributed by atoms with E-state index in [-0.39, 0.29) is 55.9 Å². The number of ketones is 3. The SMILES string of the molecule is COC(=O)[C@]1(C)CC[C@]2(C)CC[C@]3(C)C4=CC=C5C(=CC(=O)[C@]6(O)Oc7cc8c(c(C)c7O[C@]56C)C(=O)C=C5[C@@]8(C)CC[C@@]6(C)[C@@H]7C[C@@H](C)C(=O)C[C@]7(C)CC[C@]56C)[C@]4(C)CC[C@@]3(C)[C@@H]2C1. The number of carbonyl (C=O) groups excluding carboxylic acids is 4. The minimum Gasteiger partial charge on any atom is -0.471 e. The summed E-state index contributed by atoms with van der Waals surface area (Å²) in [5.74, 6) is -1.25. The molecule has 8 heteroatoms. The summed E-state index contributed by atoms with van der Waals surface area (Å²) >= 11 is 0. The molecular formula is C58H74O8. The highest BCUT2D eigenvalue weighted by atomic mass is 16.7. The van der Waals surface area contributed by atoms with E-state index in [1.54, 1.807) is 13.0 Å². The zero-order valence-electron chi connectivity index (χ0n) is 42.1. The van der Waals surface area contributed by atoms with Crippen LogP contribution < -0.4 is 9.47 Å². The van der Waals surface area contributed by atoms with Gasteiger partial charge in [0, 0.05) is 39.9 Å². The summed E-state index contributed by atoms with van der Waals surface area (Å²) < 4.78 is 19.3. The van der Waals surface area contributed by atoms with E-state index in [2.05, 4.69) is 81.4 Å². The van der Waals surface area contributed by atoms with Gasteiger partial charge in [0.2, 0.25) is 11.4 Å². The summed E-state index contributed by atoms with van der Waals surface area (Å²) in [5, 5.41) is 12.8. The molecule has 354 valence electrons. The number of Topliss-reactive ketones (excluding diaryl/α,β-unsaturated/α-hetero) is 1. The predicted molar refractivity (Wildman–Crippen MR) is 253 cm³/mol. The van der Waals surface area contributed by atoms with Crippen LogP contribution in [-0.2, 0) is 24.5 Å². The molecule has 0 radical (unpaired) electrons. The van der Waals surface area contributed by atoms with Crippen molar-refractivity contribution in [3.05, 3.63) is 69.4 Å². The molecule has 0 unspecified atom stereocenters. The quantitative estimate of drug-likeness (QED) is 0.277. The molecule has 9 aliphatic carbocycles. The molecule has 14 atom stereocenters. The van der Waals surface area contributed by atoms with Crippen molar-refractivity contribution in [2.24, 2.45) is 61.1 Å². The van der Waals surface area contributed by atoms with E-state index in [0.29, 0.717) is 40.9 Å². The number of hydrogen-bond donors (Lipinski definition) is 1. The first-order chi connectivity index (χ1) is 30.6. The van der Waals surface area contributed by atoms with Gasteiger partial charge in [0.25, 0.3) is 0 Å². The highest BCUT2D eigenvalue weighted by Gasteiger charge is 2.72. The van der Waals surface area contributed by atoms with Crippen LogP contribution in [0.5, 0.6) is 11.5 Å². The number of hydrogen-bond acceptors (Lipinski definition) is 8.